The normalized spacial score (nSPS) is 10.7. The van der Waals surface area contributed by atoms with Crippen molar-refractivity contribution < 1.29 is 9.90 Å². The Bertz CT molecular complexity index is 716. The van der Waals surface area contributed by atoms with Gasteiger partial charge in [0.2, 0.25) is 0 Å². The van der Waals surface area contributed by atoms with Crippen LogP contribution in [0.2, 0.25) is 0 Å². The van der Waals surface area contributed by atoms with E-state index in [-0.39, 0.29) is 5.69 Å². The van der Waals surface area contributed by atoms with Crippen molar-refractivity contribution in [1.29, 1.82) is 0 Å². The van der Waals surface area contributed by atoms with Crippen LogP contribution >= 0.6 is 0 Å². The van der Waals surface area contributed by atoms with Crippen LogP contribution in [0.1, 0.15) is 10.5 Å². The third-order valence-corrected chi connectivity index (χ3v) is 2.73. The van der Waals surface area contributed by atoms with Gasteiger partial charge in [-0.1, -0.05) is 6.07 Å². The molecule has 2 aromatic heterocycles. The van der Waals surface area contributed by atoms with Gasteiger partial charge in [-0.2, -0.15) is 0 Å². The van der Waals surface area contributed by atoms with Crippen molar-refractivity contribution in [2.24, 2.45) is 0 Å². The maximum absolute atomic E-state index is 10.7. The van der Waals surface area contributed by atoms with E-state index in [2.05, 4.69) is 15.2 Å². The van der Waals surface area contributed by atoms with Gasteiger partial charge in [0.15, 0.2) is 5.69 Å². The Morgan fingerprint density at radius 3 is 2.72 bits per heavy atom. The fourth-order valence-corrected chi connectivity index (χ4v) is 1.81. The van der Waals surface area contributed by atoms with Crippen LogP contribution in [-0.2, 0) is 0 Å². The van der Waals surface area contributed by atoms with Gasteiger partial charge in [-0.15, -0.1) is 10.2 Å². The van der Waals surface area contributed by atoms with Gasteiger partial charge in [0, 0.05) is 22.7 Å². The van der Waals surface area contributed by atoms with Crippen LogP contribution in [0.4, 0.5) is 0 Å². The molecule has 3 rings (SSSR count). The molecule has 2 N–H and O–H groups in total. The zero-order chi connectivity index (χ0) is 12.5. The first-order valence-corrected chi connectivity index (χ1v) is 5.38. The number of aromatic carboxylic acids is 1. The molecular formula is C13H9N3O2. The number of nitrogens with zero attached hydrogens (tertiary/aromatic N) is 2. The van der Waals surface area contributed by atoms with Crippen molar-refractivity contribution in [2.45, 2.75) is 0 Å². The number of fused-ring (bicyclic) bond motifs is 1. The maximum atomic E-state index is 10.7. The van der Waals surface area contributed by atoms with Crippen molar-refractivity contribution in [2.75, 3.05) is 0 Å². The minimum Gasteiger partial charge on any atom is -0.476 e. The summed E-state index contributed by atoms with van der Waals surface area (Å²) in [7, 11) is 0. The monoisotopic (exact) mass is 239 g/mol. The van der Waals surface area contributed by atoms with Crippen molar-refractivity contribution in [1.82, 2.24) is 15.2 Å². The van der Waals surface area contributed by atoms with Gasteiger partial charge in [0.1, 0.15) is 0 Å². The molecule has 0 radical (unpaired) electrons. The van der Waals surface area contributed by atoms with Crippen LogP contribution in [0, 0.1) is 0 Å². The highest BCUT2D eigenvalue weighted by Crippen LogP contribution is 2.21. The average molecular weight is 239 g/mol. The molecule has 18 heavy (non-hydrogen) atoms. The highest BCUT2D eigenvalue weighted by Gasteiger charge is 2.07. The lowest BCUT2D eigenvalue weighted by molar-refractivity contribution is 0.0689. The van der Waals surface area contributed by atoms with Gasteiger partial charge in [0.25, 0.3) is 0 Å². The van der Waals surface area contributed by atoms with E-state index in [0.29, 0.717) is 5.69 Å². The predicted molar refractivity (Wildman–Crippen MR) is 66.3 cm³/mol. The minimum absolute atomic E-state index is 0.0542. The largest absolute Gasteiger partial charge is 0.476 e. The fourth-order valence-electron chi connectivity index (χ4n) is 1.81. The number of carboxylic acids is 1. The van der Waals surface area contributed by atoms with E-state index in [1.165, 1.54) is 6.07 Å². The SMILES string of the molecule is O=C(O)c1ccc(-c2ccc3[nH]ccc3c2)nn1. The summed E-state index contributed by atoms with van der Waals surface area (Å²) in [6, 6.07) is 10.9. The summed E-state index contributed by atoms with van der Waals surface area (Å²) in [5.74, 6) is -1.07. The number of H-pyrrole nitrogens is 1. The maximum Gasteiger partial charge on any atom is 0.356 e. The Labute approximate surface area is 102 Å². The zero-order valence-corrected chi connectivity index (χ0v) is 9.29. The molecule has 0 fully saturated rings. The molecule has 0 amide bonds. The Morgan fingerprint density at radius 1 is 1.11 bits per heavy atom. The molecule has 0 atom stereocenters. The van der Waals surface area contributed by atoms with Crippen LogP contribution in [0.25, 0.3) is 22.2 Å². The summed E-state index contributed by atoms with van der Waals surface area (Å²) in [6.07, 6.45) is 1.87. The molecule has 0 aliphatic heterocycles. The van der Waals surface area contributed by atoms with Gasteiger partial charge in [-0.05, 0) is 30.3 Å². The first-order chi connectivity index (χ1) is 8.74. The number of benzene rings is 1. The second-order valence-corrected chi connectivity index (χ2v) is 3.89. The van der Waals surface area contributed by atoms with Gasteiger partial charge in [-0.25, -0.2) is 4.79 Å². The first kappa shape index (κ1) is 10.5. The van der Waals surface area contributed by atoms with Crippen LogP contribution in [0.3, 0.4) is 0 Å². The molecule has 0 saturated carbocycles. The Hall–Kier alpha value is -2.69. The van der Waals surface area contributed by atoms with Crippen molar-refractivity contribution in [3.05, 3.63) is 48.3 Å². The number of nitrogens with one attached hydrogen (secondary N) is 1. The topological polar surface area (TPSA) is 78.9 Å². The number of carbonyl (C=O) groups is 1. The minimum atomic E-state index is -1.07. The molecule has 0 aliphatic carbocycles. The lowest BCUT2D eigenvalue weighted by atomic mass is 10.1. The number of aromatic nitrogens is 3. The second-order valence-electron chi connectivity index (χ2n) is 3.89. The van der Waals surface area contributed by atoms with Crippen LogP contribution in [0.15, 0.2) is 42.6 Å². The smallest absolute Gasteiger partial charge is 0.356 e. The summed E-state index contributed by atoms with van der Waals surface area (Å²) in [6.45, 7) is 0. The molecule has 1 aromatic carbocycles. The molecule has 0 saturated heterocycles. The lowest BCUT2D eigenvalue weighted by Gasteiger charge is -2.00. The van der Waals surface area contributed by atoms with E-state index in [9.17, 15) is 4.79 Å². The fraction of sp³-hybridized carbons (Fsp3) is 0. The van der Waals surface area contributed by atoms with Crippen LogP contribution in [-0.4, -0.2) is 26.3 Å². The van der Waals surface area contributed by atoms with Crippen molar-refractivity contribution in [3.8, 4) is 11.3 Å². The summed E-state index contributed by atoms with van der Waals surface area (Å²) in [5.41, 5.74) is 2.56. The first-order valence-electron chi connectivity index (χ1n) is 5.38. The highest BCUT2D eigenvalue weighted by atomic mass is 16.4. The summed E-state index contributed by atoms with van der Waals surface area (Å²) in [5, 5.41) is 17.4. The highest BCUT2D eigenvalue weighted by molar-refractivity contribution is 5.86. The number of aromatic amines is 1. The molecule has 0 bridgehead atoms. The standard InChI is InChI=1S/C13H9N3O2/c17-13(18)12-4-3-11(15-16-12)8-1-2-10-9(7-8)5-6-14-10/h1-7,14H,(H,17,18). The summed E-state index contributed by atoms with van der Waals surface area (Å²) in [4.78, 5) is 13.8. The Balaban J connectivity index is 2.05. The molecule has 0 unspecified atom stereocenters. The molecule has 5 nitrogen and oxygen atoms in total. The molecule has 5 heteroatoms. The van der Waals surface area contributed by atoms with Gasteiger partial charge in [0.05, 0.1) is 5.69 Å². The van der Waals surface area contributed by atoms with Crippen molar-refractivity contribution >= 4 is 16.9 Å². The third kappa shape index (κ3) is 1.71. The number of hydrogen-bond donors (Lipinski definition) is 2. The van der Waals surface area contributed by atoms with E-state index in [0.717, 1.165) is 16.5 Å². The quantitative estimate of drug-likeness (QED) is 0.719. The molecule has 2 heterocycles. The van der Waals surface area contributed by atoms with E-state index < -0.39 is 5.97 Å². The molecule has 0 aliphatic rings. The number of carboxylic acid groups (broad SMARTS) is 1. The van der Waals surface area contributed by atoms with E-state index in [1.807, 2.05) is 30.5 Å². The summed E-state index contributed by atoms with van der Waals surface area (Å²) < 4.78 is 0. The van der Waals surface area contributed by atoms with Gasteiger partial charge in [-0.3, -0.25) is 0 Å². The predicted octanol–water partition coefficient (Wildman–Crippen LogP) is 2.32. The molecule has 0 spiro atoms. The lowest BCUT2D eigenvalue weighted by Crippen LogP contribution is -2.01. The number of rotatable bonds is 2. The van der Waals surface area contributed by atoms with Gasteiger partial charge >= 0.3 is 5.97 Å². The molecule has 3 aromatic rings. The third-order valence-electron chi connectivity index (χ3n) is 2.73. The number of hydrogen-bond acceptors (Lipinski definition) is 3. The average Bonchev–Trinajstić information content (AvgIpc) is 2.86. The zero-order valence-electron chi connectivity index (χ0n) is 9.29. The van der Waals surface area contributed by atoms with E-state index in [4.69, 9.17) is 5.11 Å². The Morgan fingerprint density at radius 2 is 2.00 bits per heavy atom. The van der Waals surface area contributed by atoms with E-state index in [1.54, 1.807) is 6.07 Å². The molecular weight excluding hydrogens is 230 g/mol. The Kier molecular flexibility index (Phi) is 2.30. The molecule has 88 valence electrons. The van der Waals surface area contributed by atoms with Gasteiger partial charge < -0.3 is 10.1 Å². The second kappa shape index (κ2) is 3.96. The van der Waals surface area contributed by atoms with Crippen LogP contribution < -0.4 is 0 Å². The summed E-state index contributed by atoms with van der Waals surface area (Å²) >= 11 is 0. The van der Waals surface area contributed by atoms with Crippen LogP contribution in [0.5, 0.6) is 0 Å². The van der Waals surface area contributed by atoms with Crippen molar-refractivity contribution in [3.63, 3.8) is 0 Å². The van der Waals surface area contributed by atoms with E-state index >= 15 is 0 Å².